The molecule has 0 bridgehead atoms. The smallest absolute Gasteiger partial charge is 0.247 e. The highest BCUT2D eigenvalue weighted by Crippen LogP contribution is 2.35. The molecule has 0 aliphatic heterocycles. The van der Waals surface area contributed by atoms with Gasteiger partial charge in [0.2, 0.25) is 11.8 Å². The Morgan fingerprint density at radius 1 is 1.00 bits per heavy atom. The third-order valence-electron chi connectivity index (χ3n) is 3.29. The van der Waals surface area contributed by atoms with Crippen LogP contribution in [0.5, 0.6) is 0 Å². The summed E-state index contributed by atoms with van der Waals surface area (Å²) in [5.74, 6) is -0.845. The van der Waals surface area contributed by atoms with Crippen molar-refractivity contribution < 1.29 is 13.2 Å². The second kappa shape index (κ2) is 6.50. The molecule has 118 valence electrons. The van der Waals surface area contributed by atoms with Gasteiger partial charge in [0.15, 0.2) is 11.6 Å². The van der Waals surface area contributed by atoms with E-state index in [1.165, 1.54) is 17.8 Å². The molecule has 0 amide bonds. The number of rotatable bonds is 4. The van der Waals surface area contributed by atoms with Crippen LogP contribution in [0.25, 0.3) is 11.5 Å². The molecule has 23 heavy (non-hydrogen) atoms. The van der Waals surface area contributed by atoms with E-state index in [1.54, 1.807) is 0 Å². The van der Waals surface area contributed by atoms with Gasteiger partial charge < -0.3 is 4.42 Å². The zero-order valence-electron chi connectivity index (χ0n) is 12.6. The Kier molecular flexibility index (Phi) is 4.43. The van der Waals surface area contributed by atoms with Gasteiger partial charge in [0.05, 0.1) is 5.25 Å². The third kappa shape index (κ3) is 3.59. The maximum Gasteiger partial charge on any atom is 0.247 e. The number of hydrogen-bond donors (Lipinski definition) is 0. The summed E-state index contributed by atoms with van der Waals surface area (Å²) in [6.45, 7) is 3.88. The highest BCUT2D eigenvalue weighted by molar-refractivity contribution is 7.99. The van der Waals surface area contributed by atoms with E-state index in [0.29, 0.717) is 16.7 Å². The summed E-state index contributed by atoms with van der Waals surface area (Å²) in [7, 11) is 0. The van der Waals surface area contributed by atoms with Crippen molar-refractivity contribution in [3.8, 4) is 11.5 Å². The fraction of sp³-hybridized carbons (Fsp3) is 0.176. The Morgan fingerprint density at radius 2 is 1.74 bits per heavy atom. The van der Waals surface area contributed by atoms with Crippen molar-refractivity contribution in [1.29, 1.82) is 0 Å². The first-order chi connectivity index (χ1) is 11.0. The van der Waals surface area contributed by atoms with E-state index < -0.39 is 11.6 Å². The molecule has 0 fully saturated rings. The lowest BCUT2D eigenvalue weighted by molar-refractivity contribution is 0.504. The molecule has 3 aromatic rings. The molecule has 0 radical (unpaired) electrons. The number of hydrogen-bond acceptors (Lipinski definition) is 4. The highest BCUT2D eigenvalue weighted by atomic mass is 32.2. The van der Waals surface area contributed by atoms with Crippen molar-refractivity contribution in [2.45, 2.75) is 24.0 Å². The normalized spacial score (nSPS) is 12.3. The minimum Gasteiger partial charge on any atom is -0.419 e. The van der Waals surface area contributed by atoms with Crippen LogP contribution in [-0.2, 0) is 0 Å². The van der Waals surface area contributed by atoms with Crippen LogP contribution in [0.3, 0.4) is 0 Å². The number of nitrogens with zero attached hydrogens (tertiary/aromatic N) is 2. The maximum atomic E-state index is 13.3. The van der Waals surface area contributed by atoms with Crippen molar-refractivity contribution in [3.05, 3.63) is 65.6 Å². The summed E-state index contributed by atoms with van der Waals surface area (Å²) in [6, 6.07) is 11.6. The molecule has 0 saturated heterocycles. The van der Waals surface area contributed by atoms with E-state index in [9.17, 15) is 8.78 Å². The molecule has 1 atom stereocenters. The standard InChI is InChI=1S/C17H14F2N2OS/c1-10-3-5-12(6-4-10)17-21-20-16(22-17)11(2)23-13-7-8-14(18)15(19)9-13/h3-9,11H,1-2H3. The average Bonchev–Trinajstić information content (AvgIpc) is 3.02. The van der Waals surface area contributed by atoms with Gasteiger partial charge in [-0.05, 0) is 44.2 Å². The molecule has 0 saturated carbocycles. The number of halogens is 2. The first kappa shape index (κ1) is 15.7. The minimum absolute atomic E-state index is 0.174. The van der Waals surface area contributed by atoms with E-state index in [4.69, 9.17) is 4.42 Å². The van der Waals surface area contributed by atoms with Gasteiger partial charge >= 0.3 is 0 Å². The Balaban J connectivity index is 1.76. The number of thioether (sulfide) groups is 1. The fourth-order valence-electron chi connectivity index (χ4n) is 2.02. The highest BCUT2D eigenvalue weighted by Gasteiger charge is 2.17. The van der Waals surface area contributed by atoms with Crippen molar-refractivity contribution in [3.63, 3.8) is 0 Å². The Hall–Kier alpha value is -2.21. The van der Waals surface area contributed by atoms with E-state index in [1.807, 2.05) is 38.1 Å². The van der Waals surface area contributed by atoms with Gasteiger partial charge in [-0.2, -0.15) is 0 Å². The zero-order chi connectivity index (χ0) is 16.4. The van der Waals surface area contributed by atoms with Gasteiger partial charge in [0, 0.05) is 10.5 Å². The predicted molar refractivity (Wildman–Crippen MR) is 85.1 cm³/mol. The van der Waals surface area contributed by atoms with E-state index in [2.05, 4.69) is 10.2 Å². The zero-order valence-corrected chi connectivity index (χ0v) is 13.4. The first-order valence-corrected chi connectivity index (χ1v) is 7.93. The molecular weight excluding hydrogens is 318 g/mol. The third-order valence-corrected chi connectivity index (χ3v) is 4.37. The van der Waals surface area contributed by atoms with Crippen LogP contribution in [-0.4, -0.2) is 10.2 Å². The second-order valence-corrected chi connectivity index (χ2v) is 6.56. The lowest BCUT2D eigenvalue weighted by atomic mass is 10.1. The first-order valence-electron chi connectivity index (χ1n) is 7.05. The van der Waals surface area contributed by atoms with Crippen LogP contribution in [0, 0.1) is 18.6 Å². The largest absolute Gasteiger partial charge is 0.419 e. The Morgan fingerprint density at radius 3 is 2.43 bits per heavy atom. The summed E-state index contributed by atoms with van der Waals surface area (Å²) < 4.78 is 31.9. The lowest BCUT2D eigenvalue weighted by Crippen LogP contribution is -1.90. The van der Waals surface area contributed by atoms with E-state index in [-0.39, 0.29) is 5.25 Å². The minimum atomic E-state index is -0.868. The molecule has 0 aliphatic carbocycles. The molecule has 6 heteroatoms. The van der Waals surface area contributed by atoms with E-state index >= 15 is 0 Å². The monoisotopic (exact) mass is 332 g/mol. The van der Waals surface area contributed by atoms with Crippen LogP contribution in [0.1, 0.15) is 23.6 Å². The Labute approximate surface area is 136 Å². The molecule has 0 N–H and O–H groups in total. The molecule has 0 spiro atoms. The SMILES string of the molecule is Cc1ccc(-c2nnc(C(C)Sc3ccc(F)c(F)c3)o2)cc1. The number of aryl methyl sites for hydroxylation is 1. The van der Waals surface area contributed by atoms with Gasteiger partial charge in [-0.15, -0.1) is 22.0 Å². The summed E-state index contributed by atoms with van der Waals surface area (Å²) in [4.78, 5) is 0.603. The van der Waals surface area contributed by atoms with Gasteiger partial charge in [-0.1, -0.05) is 17.7 Å². The van der Waals surface area contributed by atoms with Gasteiger partial charge in [-0.25, -0.2) is 8.78 Å². The van der Waals surface area contributed by atoms with Crippen LogP contribution in [0.15, 0.2) is 51.8 Å². The quantitative estimate of drug-likeness (QED) is 0.617. The molecule has 2 aromatic carbocycles. The average molecular weight is 332 g/mol. The van der Waals surface area contributed by atoms with Crippen LogP contribution < -0.4 is 0 Å². The molecule has 1 aromatic heterocycles. The lowest BCUT2D eigenvalue weighted by Gasteiger charge is -2.06. The molecule has 1 heterocycles. The van der Waals surface area contributed by atoms with Gasteiger partial charge in [0.25, 0.3) is 0 Å². The summed E-state index contributed by atoms with van der Waals surface area (Å²) in [6.07, 6.45) is 0. The number of benzene rings is 2. The van der Waals surface area contributed by atoms with Crippen LogP contribution >= 0.6 is 11.8 Å². The molecule has 0 aliphatic rings. The van der Waals surface area contributed by atoms with Crippen molar-refractivity contribution in [2.24, 2.45) is 0 Å². The molecule has 3 rings (SSSR count). The second-order valence-electron chi connectivity index (χ2n) is 5.15. The van der Waals surface area contributed by atoms with Crippen LogP contribution in [0.2, 0.25) is 0 Å². The van der Waals surface area contributed by atoms with E-state index in [0.717, 1.165) is 23.3 Å². The van der Waals surface area contributed by atoms with Crippen molar-refractivity contribution in [1.82, 2.24) is 10.2 Å². The van der Waals surface area contributed by atoms with Gasteiger partial charge in [-0.3, -0.25) is 0 Å². The van der Waals surface area contributed by atoms with Gasteiger partial charge in [0.1, 0.15) is 0 Å². The predicted octanol–water partition coefficient (Wildman–Crippen LogP) is 5.18. The molecule has 3 nitrogen and oxygen atoms in total. The Bertz CT molecular complexity index is 818. The van der Waals surface area contributed by atoms with Crippen molar-refractivity contribution >= 4 is 11.8 Å². The maximum absolute atomic E-state index is 13.3. The van der Waals surface area contributed by atoms with Crippen LogP contribution in [0.4, 0.5) is 8.78 Å². The van der Waals surface area contributed by atoms with Crippen molar-refractivity contribution in [2.75, 3.05) is 0 Å². The summed E-state index contributed by atoms with van der Waals surface area (Å²) in [5.41, 5.74) is 2.00. The number of aromatic nitrogens is 2. The molecule has 1 unspecified atom stereocenters. The molecular formula is C17H14F2N2OS. The topological polar surface area (TPSA) is 38.9 Å². The summed E-state index contributed by atoms with van der Waals surface area (Å²) >= 11 is 1.33. The summed E-state index contributed by atoms with van der Waals surface area (Å²) in [5, 5.41) is 7.92. The fourth-order valence-corrected chi connectivity index (χ4v) is 2.94.